The number of hydrogen-bond donors (Lipinski definition) is 2. The monoisotopic (exact) mass is 356 g/mol. The maximum Gasteiger partial charge on any atom is 0.573 e. The van der Waals surface area contributed by atoms with Gasteiger partial charge in [-0.25, -0.2) is 0 Å². The Kier molecular flexibility index (Phi) is 5.68. The largest absolute Gasteiger partial charge is 0.573 e. The lowest BCUT2D eigenvalue weighted by Gasteiger charge is -2.13. The van der Waals surface area contributed by atoms with Crippen LogP contribution < -0.4 is 15.4 Å². The average molecular weight is 356 g/mol. The van der Waals surface area contributed by atoms with E-state index in [0.29, 0.717) is 12.2 Å². The molecule has 0 spiro atoms. The van der Waals surface area contributed by atoms with E-state index in [1.54, 1.807) is 19.1 Å². The van der Waals surface area contributed by atoms with Crippen molar-refractivity contribution in [2.45, 2.75) is 25.7 Å². The van der Waals surface area contributed by atoms with E-state index < -0.39 is 23.9 Å². The van der Waals surface area contributed by atoms with Crippen molar-refractivity contribution in [1.29, 1.82) is 0 Å². The molecule has 0 aliphatic rings. The number of halogens is 3. The number of benzene rings is 1. The summed E-state index contributed by atoms with van der Waals surface area (Å²) in [5, 5.41) is 4.78. The van der Waals surface area contributed by atoms with Crippen molar-refractivity contribution < 1.29 is 31.9 Å². The maximum absolute atomic E-state index is 12.1. The number of ether oxygens (including phenoxy) is 1. The van der Waals surface area contributed by atoms with E-state index in [2.05, 4.69) is 15.4 Å². The van der Waals surface area contributed by atoms with Crippen molar-refractivity contribution >= 4 is 17.5 Å². The van der Waals surface area contributed by atoms with Gasteiger partial charge in [0.25, 0.3) is 0 Å². The first-order valence-electron chi connectivity index (χ1n) is 7.23. The quantitative estimate of drug-likeness (QED) is 0.808. The van der Waals surface area contributed by atoms with Crippen LogP contribution in [0.15, 0.2) is 47.1 Å². The third kappa shape index (κ3) is 6.21. The number of amides is 2. The molecule has 2 amide bonds. The molecule has 0 unspecified atom stereocenters. The molecule has 0 aliphatic carbocycles. The summed E-state index contributed by atoms with van der Waals surface area (Å²) >= 11 is 0. The highest BCUT2D eigenvalue weighted by atomic mass is 19.4. The Hall–Kier alpha value is -2.97. The predicted octanol–water partition coefficient (Wildman–Crippen LogP) is 2.86. The van der Waals surface area contributed by atoms with Gasteiger partial charge in [-0.05, 0) is 43.3 Å². The molecule has 1 aromatic carbocycles. The molecule has 0 aliphatic heterocycles. The fraction of sp³-hybridized carbons (Fsp3) is 0.250. The fourth-order valence-electron chi connectivity index (χ4n) is 2.00. The van der Waals surface area contributed by atoms with E-state index >= 15 is 0 Å². The molecule has 1 heterocycles. The molecule has 2 aromatic rings. The first-order chi connectivity index (χ1) is 11.7. The Morgan fingerprint density at radius 1 is 1.16 bits per heavy atom. The second kappa shape index (κ2) is 7.73. The molecule has 0 saturated heterocycles. The lowest BCUT2D eigenvalue weighted by atomic mass is 10.2. The predicted molar refractivity (Wildman–Crippen MR) is 81.8 cm³/mol. The van der Waals surface area contributed by atoms with Crippen LogP contribution in [-0.2, 0) is 16.0 Å². The number of rotatable bonds is 5. The van der Waals surface area contributed by atoms with Gasteiger partial charge in [0, 0.05) is 18.2 Å². The molecule has 2 rings (SSSR count). The van der Waals surface area contributed by atoms with Crippen LogP contribution in [-0.4, -0.2) is 24.2 Å². The number of anilines is 1. The summed E-state index contributed by atoms with van der Waals surface area (Å²) < 4.78 is 45.0. The highest BCUT2D eigenvalue weighted by molar-refractivity contribution is 6.39. The van der Waals surface area contributed by atoms with Gasteiger partial charge in [-0.15, -0.1) is 13.2 Å². The van der Waals surface area contributed by atoms with Gasteiger partial charge in [0.1, 0.15) is 11.5 Å². The molecule has 0 radical (unpaired) electrons. The maximum atomic E-state index is 12.1. The standard InChI is InChI=1S/C16H15F3N2O4/c1-10(9-13-3-2-8-24-13)20-14(22)15(23)21-11-4-6-12(7-5-11)25-16(17,18)19/h2-8,10H,9H2,1H3,(H,20,22)(H,21,23)/t10-/m0/s1. The van der Waals surface area contributed by atoms with Gasteiger partial charge in [0.05, 0.1) is 6.26 Å². The summed E-state index contributed by atoms with van der Waals surface area (Å²) in [4.78, 5) is 23.6. The lowest BCUT2D eigenvalue weighted by Crippen LogP contribution is -2.41. The van der Waals surface area contributed by atoms with Crippen LogP contribution in [0.2, 0.25) is 0 Å². The molecule has 1 atom stereocenters. The van der Waals surface area contributed by atoms with Crippen LogP contribution >= 0.6 is 0 Å². The second-order valence-corrected chi connectivity index (χ2v) is 5.18. The Morgan fingerprint density at radius 2 is 1.84 bits per heavy atom. The minimum absolute atomic E-state index is 0.161. The topological polar surface area (TPSA) is 80.6 Å². The van der Waals surface area contributed by atoms with Gasteiger partial charge in [0.15, 0.2) is 0 Å². The molecular formula is C16H15F3N2O4. The van der Waals surface area contributed by atoms with Crippen LogP contribution in [0.25, 0.3) is 0 Å². The molecule has 2 N–H and O–H groups in total. The van der Waals surface area contributed by atoms with Crippen LogP contribution in [0.1, 0.15) is 12.7 Å². The van der Waals surface area contributed by atoms with E-state index in [1.807, 2.05) is 0 Å². The van der Waals surface area contributed by atoms with E-state index in [4.69, 9.17) is 4.42 Å². The Balaban J connectivity index is 1.85. The van der Waals surface area contributed by atoms with Crippen molar-refractivity contribution in [2.75, 3.05) is 5.32 Å². The smallest absolute Gasteiger partial charge is 0.469 e. The van der Waals surface area contributed by atoms with Crippen molar-refractivity contribution in [3.05, 3.63) is 48.4 Å². The first kappa shape index (κ1) is 18.4. The van der Waals surface area contributed by atoms with Crippen LogP contribution in [0.5, 0.6) is 5.75 Å². The minimum Gasteiger partial charge on any atom is -0.469 e. The normalized spacial score (nSPS) is 12.3. The zero-order valence-corrected chi connectivity index (χ0v) is 13.1. The number of alkyl halides is 3. The third-order valence-electron chi connectivity index (χ3n) is 3.02. The molecule has 134 valence electrons. The summed E-state index contributed by atoms with van der Waals surface area (Å²) in [6.07, 6.45) is -2.88. The molecule has 0 saturated carbocycles. The molecule has 0 bridgehead atoms. The SMILES string of the molecule is C[C@@H](Cc1ccco1)NC(=O)C(=O)Nc1ccc(OC(F)(F)F)cc1. The molecule has 6 nitrogen and oxygen atoms in total. The van der Waals surface area contributed by atoms with Gasteiger partial charge < -0.3 is 19.8 Å². The van der Waals surface area contributed by atoms with Crippen molar-refractivity contribution in [1.82, 2.24) is 5.32 Å². The number of hydrogen-bond acceptors (Lipinski definition) is 4. The summed E-state index contributed by atoms with van der Waals surface area (Å²) in [5.74, 6) is -1.57. The Morgan fingerprint density at radius 3 is 2.40 bits per heavy atom. The summed E-state index contributed by atoms with van der Waals surface area (Å²) in [5.41, 5.74) is 0.161. The van der Waals surface area contributed by atoms with Crippen molar-refractivity contribution in [2.24, 2.45) is 0 Å². The molecule has 25 heavy (non-hydrogen) atoms. The summed E-state index contributed by atoms with van der Waals surface area (Å²) in [6, 6.07) is 7.56. The Labute approximate surface area is 141 Å². The van der Waals surface area contributed by atoms with Crippen molar-refractivity contribution in [3.8, 4) is 5.75 Å². The van der Waals surface area contributed by atoms with Crippen molar-refractivity contribution in [3.63, 3.8) is 0 Å². The van der Waals surface area contributed by atoms with Gasteiger partial charge in [-0.3, -0.25) is 9.59 Å². The number of carbonyl (C=O) groups is 2. The zero-order valence-electron chi connectivity index (χ0n) is 13.1. The fourth-order valence-corrected chi connectivity index (χ4v) is 2.00. The van der Waals surface area contributed by atoms with E-state index in [1.165, 1.54) is 18.4 Å². The van der Waals surface area contributed by atoms with Gasteiger partial charge in [-0.2, -0.15) is 0 Å². The molecule has 1 aromatic heterocycles. The number of nitrogens with one attached hydrogen (secondary N) is 2. The van der Waals surface area contributed by atoms with Crippen LogP contribution in [0.3, 0.4) is 0 Å². The van der Waals surface area contributed by atoms with Crippen LogP contribution in [0, 0.1) is 0 Å². The number of carbonyl (C=O) groups excluding carboxylic acids is 2. The molecular weight excluding hydrogens is 341 g/mol. The van der Waals surface area contributed by atoms with E-state index in [0.717, 1.165) is 12.1 Å². The highest BCUT2D eigenvalue weighted by Crippen LogP contribution is 2.23. The third-order valence-corrected chi connectivity index (χ3v) is 3.02. The lowest BCUT2D eigenvalue weighted by molar-refractivity contribution is -0.274. The van der Waals surface area contributed by atoms with Gasteiger partial charge in [-0.1, -0.05) is 0 Å². The van der Waals surface area contributed by atoms with E-state index in [9.17, 15) is 22.8 Å². The molecule has 9 heteroatoms. The average Bonchev–Trinajstić information content (AvgIpc) is 3.00. The highest BCUT2D eigenvalue weighted by Gasteiger charge is 2.31. The summed E-state index contributed by atoms with van der Waals surface area (Å²) in [6.45, 7) is 1.71. The minimum atomic E-state index is -4.80. The van der Waals surface area contributed by atoms with Gasteiger partial charge >= 0.3 is 18.2 Å². The van der Waals surface area contributed by atoms with E-state index in [-0.39, 0.29) is 11.7 Å². The Bertz CT molecular complexity index is 712. The van der Waals surface area contributed by atoms with Gasteiger partial charge in [0.2, 0.25) is 0 Å². The number of furan rings is 1. The van der Waals surface area contributed by atoms with Crippen LogP contribution in [0.4, 0.5) is 18.9 Å². The zero-order chi connectivity index (χ0) is 18.4. The molecule has 0 fully saturated rings. The first-order valence-corrected chi connectivity index (χ1v) is 7.23. The second-order valence-electron chi connectivity index (χ2n) is 5.18. The summed E-state index contributed by atoms with van der Waals surface area (Å²) in [7, 11) is 0.